The Kier molecular flexibility index (Phi) is 7.05. The van der Waals surface area contributed by atoms with E-state index in [1.165, 1.54) is 0 Å². The van der Waals surface area contributed by atoms with Gasteiger partial charge in [-0.05, 0) is 52.4 Å². The number of rotatable bonds is 8. The van der Waals surface area contributed by atoms with Crippen molar-refractivity contribution in [2.24, 2.45) is 5.92 Å². The van der Waals surface area contributed by atoms with Crippen LogP contribution in [0.5, 0.6) is 0 Å². The largest absolute Gasteiger partial charge is 0.356 e. The second-order valence-corrected chi connectivity index (χ2v) is 9.52. The van der Waals surface area contributed by atoms with Gasteiger partial charge in [-0.1, -0.05) is 12.8 Å². The maximum Gasteiger partial charge on any atom is 0.224 e. The molecule has 2 N–H and O–H groups in total. The Morgan fingerprint density at radius 1 is 1.23 bits per heavy atom. The summed E-state index contributed by atoms with van der Waals surface area (Å²) in [5.41, 5.74) is 0.890. The number of hydrogen-bond donors (Lipinski definition) is 2. The lowest BCUT2D eigenvalue weighted by molar-refractivity contribution is -0.122. The summed E-state index contributed by atoms with van der Waals surface area (Å²) in [7, 11) is 0. The molecular formula is C23H36N6O2. The molecule has 8 nitrogen and oxygen atoms in total. The number of carbonyl (C=O) groups is 2. The van der Waals surface area contributed by atoms with Gasteiger partial charge in [0.05, 0.1) is 0 Å². The van der Waals surface area contributed by atoms with Crippen LogP contribution in [-0.4, -0.2) is 64.9 Å². The van der Waals surface area contributed by atoms with Crippen molar-refractivity contribution in [1.29, 1.82) is 0 Å². The first-order chi connectivity index (χ1) is 15.0. The lowest BCUT2D eigenvalue weighted by atomic mass is 9.98. The second-order valence-electron chi connectivity index (χ2n) is 9.52. The van der Waals surface area contributed by atoms with E-state index in [1.807, 2.05) is 6.20 Å². The van der Waals surface area contributed by atoms with E-state index in [4.69, 9.17) is 4.98 Å². The quantitative estimate of drug-likeness (QED) is 0.618. The number of likely N-dealkylation sites (tertiary alicyclic amines) is 1. The van der Waals surface area contributed by atoms with Crippen LogP contribution in [-0.2, 0) is 16.0 Å². The summed E-state index contributed by atoms with van der Waals surface area (Å²) in [5, 5.41) is 6.41. The normalized spacial score (nSPS) is 23.3. The maximum absolute atomic E-state index is 12.1. The van der Waals surface area contributed by atoms with Gasteiger partial charge in [0.2, 0.25) is 18.3 Å². The molecule has 0 bridgehead atoms. The minimum atomic E-state index is -0.0707. The fourth-order valence-electron chi connectivity index (χ4n) is 5.17. The van der Waals surface area contributed by atoms with Gasteiger partial charge in [0.25, 0.3) is 0 Å². The van der Waals surface area contributed by atoms with Crippen LogP contribution in [0.25, 0.3) is 0 Å². The number of amides is 2. The van der Waals surface area contributed by atoms with Crippen LogP contribution in [0, 0.1) is 5.92 Å². The van der Waals surface area contributed by atoms with Crippen LogP contribution in [0.1, 0.15) is 64.4 Å². The van der Waals surface area contributed by atoms with Gasteiger partial charge in [0.15, 0.2) is 0 Å². The highest BCUT2D eigenvalue weighted by atomic mass is 16.2. The second kappa shape index (κ2) is 9.94. The third-order valence-electron chi connectivity index (χ3n) is 7.14. The van der Waals surface area contributed by atoms with Gasteiger partial charge in [0.1, 0.15) is 5.82 Å². The van der Waals surface area contributed by atoms with Crippen molar-refractivity contribution >= 4 is 24.1 Å². The molecule has 1 aromatic heterocycles. The molecule has 2 amide bonds. The van der Waals surface area contributed by atoms with Crippen molar-refractivity contribution in [2.75, 3.05) is 29.9 Å². The van der Waals surface area contributed by atoms with E-state index < -0.39 is 0 Å². The van der Waals surface area contributed by atoms with Crippen LogP contribution in [0.4, 0.5) is 11.8 Å². The lowest BCUT2D eigenvalue weighted by Crippen LogP contribution is -2.42. The molecule has 1 saturated carbocycles. The van der Waals surface area contributed by atoms with Crippen LogP contribution in [0.2, 0.25) is 0 Å². The van der Waals surface area contributed by atoms with Crippen LogP contribution < -0.4 is 15.5 Å². The highest BCUT2D eigenvalue weighted by Crippen LogP contribution is 2.31. The zero-order valence-corrected chi connectivity index (χ0v) is 18.8. The van der Waals surface area contributed by atoms with Gasteiger partial charge in [-0.25, -0.2) is 4.98 Å². The smallest absolute Gasteiger partial charge is 0.224 e. The predicted octanol–water partition coefficient (Wildman–Crippen LogP) is 2.35. The minimum absolute atomic E-state index is 0.0707. The van der Waals surface area contributed by atoms with E-state index in [2.05, 4.69) is 34.4 Å². The molecule has 170 valence electrons. The molecule has 0 spiro atoms. The van der Waals surface area contributed by atoms with Crippen molar-refractivity contribution in [3.8, 4) is 0 Å². The molecule has 1 aliphatic carbocycles. The van der Waals surface area contributed by atoms with Gasteiger partial charge < -0.3 is 15.5 Å². The van der Waals surface area contributed by atoms with E-state index in [1.54, 1.807) is 4.90 Å². The first-order valence-corrected chi connectivity index (χ1v) is 11.9. The lowest BCUT2D eigenvalue weighted by Gasteiger charge is -2.35. The Bertz CT molecular complexity index is 771. The molecule has 1 aromatic rings. The Morgan fingerprint density at radius 2 is 1.97 bits per heavy atom. The number of nitrogens with one attached hydrogen (secondary N) is 2. The molecule has 3 heterocycles. The molecule has 2 aliphatic heterocycles. The molecule has 2 saturated heterocycles. The summed E-state index contributed by atoms with van der Waals surface area (Å²) in [6.45, 7) is 7.33. The van der Waals surface area contributed by atoms with E-state index in [0.29, 0.717) is 36.8 Å². The monoisotopic (exact) mass is 428 g/mol. The van der Waals surface area contributed by atoms with Crippen molar-refractivity contribution in [3.63, 3.8) is 0 Å². The van der Waals surface area contributed by atoms with Gasteiger partial charge >= 0.3 is 0 Å². The van der Waals surface area contributed by atoms with Crippen LogP contribution >= 0.6 is 0 Å². The fraction of sp³-hybridized carbons (Fsp3) is 0.739. The average Bonchev–Trinajstić information content (AvgIpc) is 3.43. The van der Waals surface area contributed by atoms with Gasteiger partial charge in [0, 0.05) is 55.4 Å². The fourth-order valence-corrected chi connectivity index (χ4v) is 5.17. The maximum atomic E-state index is 12.1. The molecule has 1 atom stereocenters. The third-order valence-corrected chi connectivity index (χ3v) is 7.14. The highest BCUT2D eigenvalue weighted by molar-refractivity contribution is 5.82. The number of piperidine rings is 1. The number of anilines is 2. The zero-order chi connectivity index (χ0) is 21.8. The minimum Gasteiger partial charge on any atom is -0.356 e. The Balaban J connectivity index is 1.53. The van der Waals surface area contributed by atoms with Crippen LogP contribution in [0.3, 0.4) is 0 Å². The molecule has 0 unspecified atom stereocenters. The van der Waals surface area contributed by atoms with Crippen LogP contribution in [0.15, 0.2) is 6.20 Å². The Morgan fingerprint density at radius 3 is 2.58 bits per heavy atom. The van der Waals surface area contributed by atoms with Crippen molar-refractivity contribution in [2.45, 2.75) is 83.3 Å². The summed E-state index contributed by atoms with van der Waals surface area (Å²) < 4.78 is 0. The predicted molar refractivity (Wildman–Crippen MR) is 121 cm³/mol. The van der Waals surface area contributed by atoms with E-state index >= 15 is 0 Å². The summed E-state index contributed by atoms with van der Waals surface area (Å²) >= 11 is 0. The molecule has 3 aliphatic rings. The Labute approximate surface area is 185 Å². The number of hydrogen-bond acceptors (Lipinski definition) is 6. The van der Waals surface area contributed by atoms with E-state index in [0.717, 1.165) is 70.0 Å². The van der Waals surface area contributed by atoms with E-state index in [9.17, 15) is 9.59 Å². The molecule has 3 fully saturated rings. The molecule has 8 heteroatoms. The number of aromatic nitrogens is 2. The molecule has 4 rings (SSSR count). The van der Waals surface area contributed by atoms with Gasteiger partial charge in [-0.3, -0.25) is 14.5 Å². The molecule has 0 radical (unpaired) electrons. The molecule has 0 aromatic carbocycles. The SMILES string of the molecule is CC(C)N1CCC(Nc2ncc(C[C@@H]3CCNC3=O)c(N(C=O)C3CCCC3)n2)CC1. The first kappa shape index (κ1) is 22.0. The first-order valence-electron chi connectivity index (χ1n) is 11.9. The summed E-state index contributed by atoms with van der Waals surface area (Å²) in [4.78, 5) is 38.0. The third kappa shape index (κ3) is 5.17. The summed E-state index contributed by atoms with van der Waals surface area (Å²) in [6.07, 6.45) is 10.5. The van der Waals surface area contributed by atoms with Gasteiger partial charge in [-0.15, -0.1) is 0 Å². The summed E-state index contributed by atoms with van der Waals surface area (Å²) in [6, 6.07) is 1.10. The average molecular weight is 429 g/mol. The van der Waals surface area contributed by atoms with Crippen molar-refractivity contribution < 1.29 is 9.59 Å². The Hall–Kier alpha value is -2.22. The molecular weight excluding hydrogens is 392 g/mol. The number of nitrogens with zero attached hydrogens (tertiary/aromatic N) is 4. The van der Waals surface area contributed by atoms with Gasteiger partial charge in [-0.2, -0.15) is 4.98 Å². The summed E-state index contributed by atoms with van der Waals surface area (Å²) in [5.74, 6) is 1.28. The highest BCUT2D eigenvalue weighted by Gasteiger charge is 2.30. The number of carbonyl (C=O) groups excluding carboxylic acids is 2. The standard InChI is InChI=1S/C23H36N6O2/c1-16(2)28-11-8-19(9-12-28)26-23-25-14-18(13-17-7-10-24-22(17)31)21(27-23)29(15-30)20-5-3-4-6-20/h14-17,19-20H,3-13H2,1-2H3,(H,24,31)(H,25,26,27)/t17-/m0/s1. The zero-order valence-electron chi connectivity index (χ0n) is 18.8. The molecule has 31 heavy (non-hydrogen) atoms. The topological polar surface area (TPSA) is 90.5 Å². The van der Waals surface area contributed by atoms with Crippen molar-refractivity contribution in [3.05, 3.63) is 11.8 Å². The van der Waals surface area contributed by atoms with Crippen molar-refractivity contribution in [1.82, 2.24) is 20.2 Å². The van der Waals surface area contributed by atoms with E-state index in [-0.39, 0.29) is 17.9 Å².